The van der Waals surface area contributed by atoms with E-state index in [9.17, 15) is 4.79 Å². The number of hydrogen-bond donors (Lipinski definition) is 1. The summed E-state index contributed by atoms with van der Waals surface area (Å²) in [5.41, 5.74) is 2.56. The number of anilines is 2. The monoisotopic (exact) mass is 298 g/mol. The Labute approximate surface area is 129 Å². The summed E-state index contributed by atoms with van der Waals surface area (Å²) in [6, 6.07) is 14.8. The maximum absolute atomic E-state index is 12.8. The first kappa shape index (κ1) is 14.4. The average molecular weight is 298 g/mol. The minimum atomic E-state index is -0.434. The van der Waals surface area contributed by atoms with Crippen molar-refractivity contribution in [2.45, 2.75) is 6.04 Å². The van der Waals surface area contributed by atoms with Gasteiger partial charge in [-0.25, -0.2) is 0 Å². The minimum Gasteiger partial charge on any atom is -0.497 e. The Morgan fingerprint density at radius 3 is 2.59 bits per heavy atom. The average Bonchev–Trinajstić information content (AvgIpc) is 2.57. The summed E-state index contributed by atoms with van der Waals surface area (Å²) in [6.07, 6.45) is 0. The number of amides is 1. The predicted octanol–water partition coefficient (Wildman–Crippen LogP) is 2.80. The highest BCUT2D eigenvalue weighted by Gasteiger charge is 2.33. The van der Waals surface area contributed by atoms with E-state index in [0.717, 1.165) is 22.7 Å². The summed E-state index contributed by atoms with van der Waals surface area (Å²) < 4.78 is 10.5. The van der Waals surface area contributed by atoms with Crippen LogP contribution in [0.1, 0.15) is 11.6 Å². The summed E-state index contributed by atoms with van der Waals surface area (Å²) in [5, 5.41) is 3.30. The normalized spacial score (nSPS) is 16.9. The molecule has 0 spiro atoms. The van der Waals surface area contributed by atoms with Gasteiger partial charge in [-0.1, -0.05) is 30.3 Å². The van der Waals surface area contributed by atoms with E-state index in [1.165, 1.54) is 0 Å². The van der Waals surface area contributed by atoms with Gasteiger partial charge >= 0.3 is 0 Å². The van der Waals surface area contributed by atoms with Gasteiger partial charge in [0, 0.05) is 13.2 Å². The largest absolute Gasteiger partial charge is 0.497 e. The van der Waals surface area contributed by atoms with Crippen molar-refractivity contribution in [2.24, 2.45) is 0 Å². The summed E-state index contributed by atoms with van der Waals surface area (Å²) in [5.74, 6) is 0.704. The molecule has 0 saturated carbocycles. The van der Waals surface area contributed by atoms with Crippen LogP contribution < -0.4 is 15.0 Å². The Morgan fingerprint density at radius 1 is 1.14 bits per heavy atom. The van der Waals surface area contributed by atoms with Crippen molar-refractivity contribution in [1.29, 1.82) is 0 Å². The molecule has 0 aromatic heterocycles. The molecule has 0 aliphatic carbocycles. The SMILES string of the molecule is COCN1C(=O)C(c2ccccc2)Nc2cc(OC)ccc21. The van der Waals surface area contributed by atoms with E-state index in [0.29, 0.717) is 0 Å². The van der Waals surface area contributed by atoms with Crippen LogP contribution in [0.2, 0.25) is 0 Å². The standard InChI is InChI=1S/C17H18N2O3/c1-21-11-19-15-9-8-13(22-2)10-14(15)18-16(17(19)20)12-6-4-3-5-7-12/h3-10,16,18H,11H2,1-2H3. The molecule has 1 N–H and O–H groups in total. The first-order chi connectivity index (χ1) is 10.7. The minimum absolute atomic E-state index is 0.0364. The van der Waals surface area contributed by atoms with Crippen LogP contribution in [-0.4, -0.2) is 26.9 Å². The van der Waals surface area contributed by atoms with Gasteiger partial charge in [-0.05, 0) is 17.7 Å². The van der Waals surface area contributed by atoms with E-state index in [2.05, 4.69) is 5.32 Å². The van der Waals surface area contributed by atoms with Gasteiger partial charge in [-0.3, -0.25) is 9.69 Å². The van der Waals surface area contributed by atoms with Gasteiger partial charge < -0.3 is 14.8 Å². The Hall–Kier alpha value is -2.53. The molecule has 5 heteroatoms. The lowest BCUT2D eigenvalue weighted by Crippen LogP contribution is -2.43. The Kier molecular flexibility index (Phi) is 3.98. The Bertz CT molecular complexity index is 673. The number of fused-ring (bicyclic) bond motifs is 1. The van der Waals surface area contributed by atoms with Gasteiger partial charge in [-0.2, -0.15) is 0 Å². The van der Waals surface area contributed by atoms with Crippen molar-refractivity contribution >= 4 is 17.3 Å². The van der Waals surface area contributed by atoms with E-state index in [4.69, 9.17) is 9.47 Å². The second-order valence-corrected chi connectivity index (χ2v) is 5.06. The van der Waals surface area contributed by atoms with Crippen LogP contribution >= 0.6 is 0 Å². The lowest BCUT2D eigenvalue weighted by atomic mass is 10.0. The highest BCUT2D eigenvalue weighted by Crippen LogP contribution is 2.38. The Morgan fingerprint density at radius 2 is 1.91 bits per heavy atom. The maximum Gasteiger partial charge on any atom is 0.256 e. The number of nitrogens with one attached hydrogen (secondary N) is 1. The van der Waals surface area contributed by atoms with Crippen LogP contribution in [0.25, 0.3) is 0 Å². The summed E-state index contributed by atoms with van der Waals surface area (Å²) in [7, 11) is 3.20. The third kappa shape index (κ3) is 2.51. The number of methoxy groups -OCH3 is 2. The maximum atomic E-state index is 12.8. The molecule has 1 aliphatic rings. The fourth-order valence-electron chi connectivity index (χ4n) is 2.62. The number of nitrogens with zero attached hydrogens (tertiary/aromatic N) is 1. The van der Waals surface area contributed by atoms with Crippen molar-refractivity contribution in [1.82, 2.24) is 0 Å². The predicted molar refractivity (Wildman–Crippen MR) is 85.2 cm³/mol. The molecule has 0 bridgehead atoms. The molecule has 1 heterocycles. The quantitative estimate of drug-likeness (QED) is 0.943. The van der Waals surface area contributed by atoms with Gasteiger partial charge in [-0.15, -0.1) is 0 Å². The van der Waals surface area contributed by atoms with E-state index in [-0.39, 0.29) is 12.6 Å². The van der Waals surface area contributed by atoms with E-state index >= 15 is 0 Å². The fraction of sp³-hybridized carbons (Fsp3) is 0.235. The number of carbonyl (C=O) groups excluding carboxylic acids is 1. The molecule has 1 aliphatic heterocycles. The van der Waals surface area contributed by atoms with Gasteiger partial charge in [0.1, 0.15) is 18.5 Å². The molecule has 3 rings (SSSR count). The molecule has 1 atom stereocenters. The highest BCUT2D eigenvalue weighted by molar-refractivity contribution is 6.05. The number of carbonyl (C=O) groups is 1. The fourth-order valence-corrected chi connectivity index (χ4v) is 2.62. The lowest BCUT2D eigenvalue weighted by molar-refractivity contribution is -0.120. The van der Waals surface area contributed by atoms with Crippen LogP contribution in [-0.2, 0) is 9.53 Å². The third-order valence-electron chi connectivity index (χ3n) is 3.70. The van der Waals surface area contributed by atoms with Gasteiger partial charge in [0.15, 0.2) is 0 Å². The number of benzene rings is 2. The molecular formula is C17H18N2O3. The summed E-state index contributed by atoms with van der Waals surface area (Å²) >= 11 is 0. The zero-order valence-electron chi connectivity index (χ0n) is 12.6. The molecule has 0 fully saturated rings. The summed E-state index contributed by atoms with van der Waals surface area (Å²) in [4.78, 5) is 14.4. The highest BCUT2D eigenvalue weighted by atomic mass is 16.5. The molecule has 1 amide bonds. The van der Waals surface area contributed by atoms with Crippen LogP contribution in [0.5, 0.6) is 5.75 Å². The lowest BCUT2D eigenvalue weighted by Gasteiger charge is -2.35. The molecule has 2 aromatic rings. The summed E-state index contributed by atoms with van der Waals surface area (Å²) in [6.45, 7) is 0.211. The van der Waals surface area contributed by atoms with Crippen LogP contribution in [0.3, 0.4) is 0 Å². The van der Waals surface area contributed by atoms with Crippen molar-refractivity contribution in [3.8, 4) is 5.75 Å². The van der Waals surface area contributed by atoms with Crippen molar-refractivity contribution < 1.29 is 14.3 Å². The van der Waals surface area contributed by atoms with E-state index < -0.39 is 6.04 Å². The van der Waals surface area contributed by atoms with Gasteiger partial charge in [0.25, 0.3) is 5.91 Å². The van der Waals surface area contributed by atoms with E-state index in [1.54, 1.807) is 19.1 Å². The van der Waals surface area contributed by atoms with Gasteiger partial charge in [0.05, 0.1) is 18.5 Å². The van der Waals surface area contributed by atoms with Crippen molar-refractivity contribution in [3.05, 3.63) is 54.1 Å². The van der Waals surface area contributed by atoms with Crippen molar-refractivity contribution in [3.63, 3.8) is 0 Å². The number of rotatable bonds is 4. The zero-order chi connectivity index (χ0) is 15.5. The number of hydrogen-bond acceptors (Lipinski definition) is 4. The number of ether oxygens (including phenoxy) is 2. The molecule has 114 valence electrons. The zero-order valence-corrected chi connectivity index (χ0v) is 12.6. The first-order valence-corrected chi connectivity index (χ1v) is 7.04. The Balaban J connectivity index is 2.04. The third-order valence-corrected chi connectivity index (χ3v) is 3.70. The molecule has 5 nitrogen and oxygen atoms in total. The van der Waals surface area contributed by atoms with E-state index in [1.807, 2.05) is 48.5 Å². The smallest absolute Gasteiger partial charge is 0.256 e. The molecular weight excluding hydrogens is 280 g/mol. The molecule has 22 heavy (non-hydrogen) atoms. The van der Waals surface area contributed by atoms with Crippen molar-refractivity contribution in [2.75, 3.05) is 31.2 Å². The van der Waals surface area contributed by atoms with Crippen LogP contribution in [0, 0.1) is 0 Å². The van der Waals surface area contributed by atoms with Crippen LogP contribution in [0.15, 0.2) is 48.5 Å². The molecule has 2 aromatic carbocycles. The van der Waals surface area contributed by atoms with Gasteiger partial charge in [0.2, 0.25) is 0 Å². The molecule has 0 radical (unpaired) electrons. The molecule has 0 saturated heterocycles. The first-order valence-electron chi connectivity index (χ1n) is 7.04. The second kappa shape index (κ2) is 6.07. The topological polar surface area (TPSA) is 50.8 Å². The second-order valence-electron chi connectivity index (χ2n) is 5.06. The molecule has 1 unspecified atom stereocenters. The van der Waals surface area contributed by atoms with Crippen LogP contribution in [0.4, 0.5) is 11.4 Å².